The second kappa shape index (κ2) is 8.61. The average Bonchev–Trinajstić information content (AvgIpc) is 3.30. The molecule has 1 aliphatic heterocycles. The van der Waals surface area contributed by atoms with Crippen molar-refractivity contribution < 1.29 is 9.59 Å². The topological polar surface area (TPSA) is 66.4 Å². The SMILES string of the molecule is Cc1cccc(C)c1NC(=O)CNC(=O)[C@@H](C)N1CCC[C@@H]1c1cccn1C. The summed E-state index contributed by atoms with van der Waals surface area (Å²) in [6, 6.07) is 9.99. The largest absolute Gasteiger partial charge is 0.353 e. The maximum atomic E-state index is 12.7. The van der Waals surface area contributed by atoms with Crippen LogP contribution >= 0.6 is 0 Å². The number of amides is 2. The molecule has 1 saturated heterocycles. The van der Waals surface area contributed by atoms with Crippen molar-refractivity contribution in [1.29, 1.82) is 0 Å². The van der Waals surface area contributed by atoms with E-state index in [1.165, 1.54) is 5.69 Å². The molecule has 2 amide bonds. The number of anilines is 1. The van der Waals surface area contributed by atoms with Crippen LogP contribution in [0.2, 0.25) is 0 Å². The smallest absolute Gasteiger partial charge is 0.243 e. The van der Waals surface area contributed by atoms with Crippen LogP contribution in [0.4, 0.5) is 5.69 Å². The summed E-state index contributed by atoms with van der Waals surface area (Å²) in [4.78, 5) is 27.2. The summed E-state index contributed by atoms with van der Waals surface area (Å²) in [5, 5.41) is 5.71. The van der Waals surface area contributed by atoms with Crippen molar-refractivity contribution in [2.75, 3.05) is 18.4 Å². The zero-order valence-electron chi connectivity index (χ0n) is 17.2. The third-order valence-electron chi connectivity index (χ3n) is 5.67. The lowest BCUT2D eigenvalue weighted by Crippen LogP contribution is -2.46. The summed E-state index contributed by atoms with van der Waals surface area (Å²) in [6.07, 6.45) is 4.15. The normalized spacial score (nSPS) is 18.1. The Bertz CT molecular complexity index is 838. The molecule has 2 heterocycles. The lowest BCUT2D eigenvalue weighted by Gasteiger charge is -2.30. The molecule has 6 nitrogen and oxygen atoms in total. The first kappa shape index (κ1) is 20.1. The molecule has 2 N–H and O–H groups in total. The third kappa shape index (κ3) is 4.28. The van der Waals surface area contributed by atoms with E-state index in [9.17, 15) is 9.59 Å². The van der Waals surface area contributed by atoms with E-state index in [-0.39, 0.29) is 30.4 Å². The monoisotopic (exact) mass is 382 g/mol. The fourth-order valence-corrected chi connectivity index (χ4v) is 4.05. The Labute approximate surface area is 166 Å². The maximum absolute atomic E-state index is 12.7. The molecule has 6 heteroatoms. The van der Waals surface area contributed by atoms with Gasteiger partial charge in [0.15, 0.2) is 0 Å². The van der Waals surface area contributed by atoms with Crippen molar-refractivity contribution in [1.82, 2.24) is 14.8 Å². The van der Waals surface area contributed by atoms with Gasteiger partial charge < -0.3 is 15.2 Å². The number of hydrogen-bond donors (Lipinski definition) is 2. The zero-order chi connectivity index (χ0) is 20.3. The van der Waals surface area contributed by atoms with E-state index in [2.05, 4.69) is 26.2 Å². The van der Waals surface area contributed by atoms with Crippen LogP contribution < -0.4 is 10.6 Å². The molecule has 1 aromatic heterocycles. The summed E-state index contributed by atoms with van der Waals surface area (Å²) in [6.45, 7) is 6.69. The predicted molar refractivity (Wildman–Crippen MR) is 111 cm³/mol. The number of aryl methyl sites for hydroxylation is 3. The van der Waals surface area contributed by atoms with Crippen molar-refractivity contribution in [3.63, 3.8) is 0 Å². The number of benzene rings is 1. The van der Waals surface area contributed by atoms with Crippen molar-refractivity contribution >= 4 is 17.5 Å². The Morgan fingerprint density at radius 3 is 2.54 bits per heavy atom. The minimum Gasteiger partial charge on any atom is -0.353 e. The number of nitrogens with zero attached hydrogens (tertiary/aromatic N) is 2. The molecule has 1 aromatic carbocycles. The van der Waals surface area contributed by atoms with Gasteiger partial charge in [-0.3, -0.25) is 14.5 Å². The molecule has 0 spiro atoms. The molecule has 28 heavy (non-hydrogen) atoms. The molecule has 2 atom stereocenters. The molecular weight excluding hydrogens is 352 g/mol. The van der Waals surface area contributed by atoms with E-state index in [4.69, 9.17) is 0 Å². The molecule has 0 saturated carbocycles. The van der Waals surface area contributed by atoms with Gasteiger partial charge in [-0.15, -0.1) is 0 Å². The summed E-state index contributed by atoms with van der Waals surface area (Å²) in [7, 11) is 2.04. The van der Waals surface area contributed by atoms with E-state index in [1.54, 1.807) is 0 Å². The molecule has 0 radical (unpaired) electrons. The van der Waals surface area contributed by atoms with Gasteiger partial charge in [-0.1, -0.05) is 18.2 Å². The van der Waals surface area contributed by atoms with Gasteiger partial charge in [-0.05, 0) is 63.4 Å². The van der Waals surface area contributed by atoms with Crippen molar-refractivity contribution in [2.45, 2.75) is 45.7 Å². The Kier molecular flexibility index (Phi) is 6.19. The highest BCUT2D eigenvalue weighted by Crippen LogP contribution is 2.33. The zero-order valence-corrected chi connectivity index (χ0v) is 17.2. The van der Waals surface area contributed by atoms with Gasteiger partial charge in [0.1, 0.15) is 0 Å². The van der Waals surface area contributed by atoms with Crippen LogP contribution in [0.25, 0.3) is 0 Å². The minimum absolute atomic E-state index is 0.0282. The maximum Gasteiger partial charge on any atom is 0.243 e. The molecular formula is C22H30N4O2. The highest BCUT2D eigenvalue weighted by Gasteiger charge is 2.34. The highest BCUT2D eigenvalue weighted by atomic mass is 16.2. The van der Waals surface area contributed by atoms with Gasteiger partial charge >= 0.3 is 0 Å². The van der Waals surface area contributed by atoms with Crippen LogP contribution in [-0.4, -0.2) is 40.4 Å². The molecule has 0 aliphatic carbocycles. The molecule has 150 valence electrons. The Morgan fingerprint density at radius 2 is 1.89 bits per heavy atom. The van der Waals surface area contributed by atoms with E-state index < -0.39 is 0 Å². The van der Waals surface area contributed by atoms with Crippen molar-refractivity contribution in [3.05, 3.63) is 53.3 Å². The first-order valence-corrected chi connectivity index (χ1v) is 9.89. The van der Waals surface area contributed by atoms with Crippen LogP contribution in [-0.2, 0) is 16.6 Å². The van der Waals surface area contributed by atoms with Crippen LogP contribution in [0.3, 0.4) is 0 Å². The standard InChI is InChI=1S/C22H30N4O2/c1-15-8-5-9-16(2)21(15)24-20(27)14-23-22(28)17(3)26-13-7-11-19(26)18-10-6-12-25(18)4/h5-6,8-10,12,17,19H,7,11,13-14H2,1-4H3,(H,23,28)(H,24,27)/t17-,19-/m1/s1. The first-order valence-electron chi connectivity index (χ1n) is 9.89. The minimum atomic E-state index is -0.282. The summed E-state index contributed by atoms with van der Waals surface area (Å²) in [5.74, 6) is -0.323. The first-order chi connectivity index (χ1) is 13.4. The second-order valence-corrected chi connectivity index (χ2v) is 7.65. The lowest BCUT2D eigenvalue weighted by atomic mass is 10.1. The van der Waals surface area contributed by atoms with E-state index in [0.29, 0.717) is 0 Å². The van der Waals surface area contributed by atoms with Gasteiger partial charge in [-0.25, -0.2) is 0 Å². The summed E-state index contributed by atoms with van der Waals surface area (Å²) < 4.78 is 2.12. The lowest BCUT2D eigenvalue weighted by molar-refractivity contribution is -0.128. The number of carbonyl (C=O) groups is 2. The predicted octanol–water partition coefficient (Wildman–Crippen LogP) is 2.92. The summed E-state index contributed by atoms with van der Waals surface area (Å²) in [5.41, 5.74) is 4.06. The van der Waals surface area contributed by atoms with Crippen LogP contribution in [0.5, 0.6) is 0 Å². The molecule has 3 rings (SSSR count). The van der Waals surface area contributed by atoms with Gasteiger partial charge in [0.05, 0.1) is 18.6 Å². The molecule has 1 fully saturated rings. The Balaban J connectivity index is 1.57. The molecule has 1 aliphatic rings. The Morgan fingerprint density at radius 1 is 1.18 bits per heavy atom. The van der Waals surface area contributed by atoms with E-state index >= 15 is 0 Å². The highest BCUT2D eigenvalue weighted by molar-refractivity contribution is 5.96. The Hall–Kier alpha value is -2.60. The fourth-order valence-electron chi connectivity index (χ4n) is 4.05. The molecule has 2 aromatic rings. The third-order valence-corrected chi connectivity index (χ3v) is 5.67. The van der Waals surface area contributed by atoms with Crippen LogP contribution in [0.15, 0.2) is 36.5 Å². The number of likely N-dealkylation sites (tertiary alicyclic amines) is 1. The number of hydrogen-bond acceptors (Lipinski definition) is 3. The number of nitrogens with one attached hydrogen (secondary N) is 2. The molecule has 0 unspecified atom stereocenters. The van der Waals surface area contributed by atoms with E-state index in [1.807, 2.05) is 58.3 Å². The number of para-hydroxylation sites is 1. The van der Waals surface area contributed by atoms with Gasteiger partial charge in [0.25, 0.3) is 0 Å². The average molecular weight is 383 g/mol. The number of aromatic nitrogens is 1. The number of carbonyl (C=O) groups excluding carboxylic acids is 2. The van der Waals surface area contributed by atoms with Gasteiger partial charge in [0, 0.05) is 24.6 Å². The van der Waals surface area contributed by atoms with E-state index in [0.717, 1.165) is 36.2 Å². The fraction of sp³-hybridized carbons (Fsp3) is 0.455. The quantitative estimate of drug-likeness (QED) is 0.807. The van der Waals surface area contributed by atoms with Gasteiger partial charge in [0.2, 0.25) is 11.8 Å². The van der Waals surface area contributed by atoms with Gasteiger partial charge in [-0.2, -0.15) is 0 Å². The van der Waals surface area contributed by atoms with Crippen molar-refractivity contribution in [2.24, 2.45) is 7.05 Å². The molecule has 0 bridgehead atoms. The second-order valence-electron chi connectivity index (χ2n) is 7.65. The van der Waals surface area contributed by atoms with Crippen molar-refractivity contribution in [3.8, 4) is 0 Å². The number of rotatable bonds is 6. The summed E-state index contributed by atoms with van der Waals surface area (Å²) >= 11 is 0. The van der Waals surface area contributed by atoms with Crippen LogP contribution in [0.1, 0.15) is 42.6 Å². The van der Waals surface area contributed by atoms with Crippen LogP contribution in [0, 0.1) is 13.8 Å².